The van der Waals surface area contributed by atoms with E-state index in [4.69, 9.17) is 16.3 Å². The maximum atomic E-state index is 6.06. The highest BCUT2D eigenvalue weighted by atomic mass is 35.5. The Morgan fingerprint density at radius 2 is 1.77 bits per heavy atom. The first-order valence-corrected chi connectivity index (χ1v) is 10.3. The average Bonchev–Trinajstić information content (AvgIpc) is 2.76. The first kappa shape index (κ1) is 20.7. The van der Waals surface area contributed by atoms with Crippen LogP contribution in [0.25, 0.3) is 10.9 Å². The first-order valence-electron chi connectivity index (χ1n) is 9.88. The first-order chi connectivity index (χ1) is 15.1. The van der Waals surface area contributed by atoms with Crippen LogP contribution in [0, 0.1) is 6.92 Å². The van der Waals surface area contributed by atoms with Crippen molar-refractivity contribution in [2.24, 2.45) is 0 Å². The minimum Gasteiger partial charge on any atom is -0.497 e. The Balaban J connectivity index is 1.35. The van der Waals surface area contributed by atoms with Crippen LogP contribution in [0.2, 0.25) is 5.02 Å². The molecule has 0 aliphatic rings. The summed E-state index contributed by atoms with van der Waals surface area (Å²) in [6.45, 7) is 3.37. The molecule has 0 aliphatic carbocycles. The van der Waals surface area contributed by atoms with Gasteiger partial charge < -0.3 is 20.7 Å². The van der Waals surface area contributed by atoms with Crippen LogP contribution >= 0.6 is 11.6 Å². The van der Waals surface area contributed by atoms with E-state index in [2.05, 4.69) is 30.9 Å². The second-order valence-electron chi connectivity index (χ2n) is 7.00. The van der Waals surface area contributed by atoms with E-state index < -0.39 is 0 Å². The van der Waals surface area contributed by atoms with Crippen LogP contribution in [0.15, 0.2) is 60.9 Å². The number of hydrogen-bond donors (Lipinski definition) is 3. The molecule has 0 unspecified atom stereocenters. The van der Waals surface area contributed by atoms with Crippen molar-refractivity contribution in [3.05, 3.63) is 71.5 Å². The van der Waals surface area contributed by atoms with E-state index in [0.29, 0.717) is 29.9 Å². The molecule has 0 saturated heterocycles. The molecule has 0 atom stereocenters. The van der Waals surface area contributed by atoms with E-state index in [-0.39, 0.29) is 0 Å². The minimum atomic E-state index is 0.554. The summed E-state index contributed by atoms with van der Waals surface area (Å²) in [5.41, 5.74) is 3.88. The van der Waals surface area contributed by atoms with Crippen molar-refractivity contribution in [2.45, 2.75) is 6.92 Å². The van der Waals surface area contributed by atoms with E-state index in [1.54, 1.807) is 19.5 Å². The summed E-state index contributed by atoms with van der Waals surface area (Å²) >= 11 is 6.06. The second-order valence-corrected chi connectivity index (χ2v) is 7.44. The summed E-state index contributed by atoms with van der Waals surface area (Å²) in [6, 6.07) is 15.4. The van der Waals surface area contributed by atoms with Gasteiger partial charge in [0.2, 0.25) is 5.95 Å². The van der Waals surface area contributed by atoms with Gasteiger partial charge in [-0.25, -0.2) is 4.98 Å². The summed E-state index contributed by atoms with van der Waals surface area (Å²) in [5.74, 6) is 2.06. The summed E-state index contributed by atoms with van der Waals surface area (Å²) in [7, 11) is 1.66. The molecule has 0 radical (unpaired) electrons. The van der Waals surface area contributed by atoms with Gasteiger partial charge in [-0.05, 0) is 55.0 Å². The van der Waals surface area contributed by atoms with Crippen molar-refractivity contribution in [3.63, 3.8) is 0 Å². The third kappa shape index (κ3) is 5.32. The number of methoxy groups -OCH3 is 1. The molecule has 0 aliphatic heterocycles. The number of halogens is 1. The lowest BCUT2D eigenvalue weighted by atomic mass is 10.2. The number of fused-ring (bicyclic) bond motifs is 1. The Morgan fingerprint density at radius 3 is 2.65 bits per heavy atom. The van der Waals surface area contributed by atoms with E-state index in [0.717, 1.165) is 33.6 Å². The number of anilines is 4. The largest absolute Gasteiger partial charge is 0.497 e. The molecule has 4 rings (SSSR count). The van der Waals surface area contributed by atoms with Gasteiger partial charge in [-0.15, -0.1) is 0 Å². The van der Waals surface area contributed by atoms with Gasteiger partial charge in [0.15, 0.2) is 0 Å². The maximum absolute atomic E-state index is 6.06. The zero-order valence-electron chi connectivity index (χ0n) is 17.3. The highest BCUT2D eigenvalue weighted by Gasteiger charge is 2.04. The quantitative estimate of drug-likeness (QED) is 0.326. The number of aromatic nitrogens is 3. The van der Waals surface area contributed by atoms with Crippen LogP contribution in [-0.2, 0) is 0 Å². The van der Waals surface area contributed by atoms with Gasteiger partial charge in [0.1, 0.15) is 11.6 Å². The number of rotatable bonds is 8. The number of benzene rings is 2. The highest BCUT2D eigenvalue weighted by Crippen LogP contribution is 2.25. The Kier molecular flexibility index (Phi) is 6.33. The summed E-state index contributed by atoms with van der Waals surface area (Å²) in [4.78, 5) is 13.2. The Morgan fingerprint density at radius 1 is 0.935 bits per heavy atom. The Hall–Kier alpha value is -3.58. The number of hydrogen-bond acceptors (Lipinski definition) is 7. The molecule has 7 nitrogen and oxygen atoms in total. The standard InChI is InChI=1S/C23H23ClN6O/c1-15-11-17(14-18(12-15)31-2)29-22-6-8-27-23(30-22)28-10-9-26-20-5-7-25-21-13-16(24)3-4-19(20)21/h3-8,11-14H,9-10H2,1-2H3,(H,25,26)(H2,27,28,29,30). The maximum Gasteiger partial charge on any atom is 0.224 e. The lowest BCUT2D eigenvalue weighted by Gasteiger charge is -2.12. The SMILES string of the molecule is COc1cc(C)cc(Nc2ccnc(NCCNc3ccnc4cc(Cl)ccc34)n2)c1. The molecule has 2 aromatic carbocycles. The molecule has 8 heteroatoms. The fourth-order valence-corrected chi connectivity index (χ4v) is 3.41. The molecule has 2 heterocycles. The van der Waals surface area contributed by atoms with Crippen molar-refractivity contribution in [3.8, 4) is 5.75 Å². The number of ether oxygens (including phenoxy) is 1. The zero-order valence-corrected chi connectivity index (χ0v) is 18.1. The lowest BCUT2D eigenvalue weighted by molar-refractivity contribution is 0.414. The molecule has 0 saturated carbocycles. The second kappa shape index (κ2) is 9.49. The fraction of sp³-hybridized carbons (Fsp3) is 0.174. The normalized spacial score (nSPS) is 10.7. The van der Waals surface area contributed by atoms with Gasteiger partial charge in [0, 0.05) is 53.3 Å². The number of nitrogens with one attached hydrogen (secondary N) is 3. The summed E-state index contributed by atoms with van der Waals surface area (Å²) in [6.07, 6.45) is 3.49. The molecule has 3 N–H and O–H groups in total. The molecule has 0 bridgehead atoms. The lowest BCUT2D eigenvalue weighted by Crippen LogP contribution is -2.15. The molecule has 31 heavy (non-hydrogen) atoms. The summed E-state index contributed by atoms with van der Waals surface area (Å²) < 4.78 is 5.33. The molecular formula is C23H23ClN6O. The third-order valence-corrected chi connectivity index (χ3v) is 4.88. The van der Waals surface area contributed by atoms with Crippen LogP contribution < -0.4 is 20.7 Å². The molecule has 0 amide bonds. The van der Waals surface area contributed by atoms with Gasteiger partial charge in [-0.3, -0.25) is 4.98 Å². The van der Waals surface area contributed by atoms with Crippen LogP contribution in [0.5, 0.6) is 5.75 Å². The monoisotopic (exact) mass is 434 g/mol. The van der Waals surface area contributed by atoms with E-state index in [9.17, 15) is 0 Å². The predicted octanol–water partition coefficient (Wildman–Crippen LogP) is 5.26. The number of aryl methyl sites for hydroxylation is 1. The van der Waals surface area contributed by atoms with Crippen LogP contribution in [0.3, 0.4) is 0 Å². The Bertz CT molecular complexity index is 1200. The van der Waals surface area contributed by atoms with E-state index in [1.165, 1.54) is 0 Å². The van der Waals surface area contributed by atoms with Gasteiger partial charge in [-0.2, -0.15) is 4.98 Å². The van der Waals surface area contributed by atoms with Crippen LogP contribution in [-0.4, -0.2) is 35.2 Å². The molecule has 4 aromatic rings. The fourth-order valence-electron chi connectivity index (χ4n) is 3.25. The topological polar surface area (TPSA) is 84.0 Å². The molecule has 0 fully saturated rings. The number of nitrogens with zero attached hydrogens (tertiary/aromatic N) is 3. The van der Waals surface area contributed by atoms with Crippen molar-refractivity contribution < 1.29 is 4.74 Å². The summed E-state index contributed by atoms with van der Waals surface area (Å²) in [5, 5.41) is 11.7. The van der Waals surface area contributed by atoms with Crippen molar-refractivity contribution in [1.29, 1.82) is 0 Å². The van der Waals surface area contributed by atoms with Crippen molar-refractivity contribution in [2.75, 3.05) is 36.1 Å². The van der Waals surface area contributed by atoms with Gasteiger partial charge in [0.25, 0.3) is 0 Å². The predicted molar refractivity (Wildman–Crippen MR) is 127 cm³/mol. The third-order valence-electron chi connectivity index (χ3n) is 4.64. The van der Waals surface area contributed by atoms with Crippen molar-refractivity contribution >= 4 is 45.6 Å². The molecule has 2 aromatic heterocycles. The van der Waals surface area contributed by atoms with Crippen LogP contribution in [0.4, 0.5) is 23.1 Å². The average molecular weight is 435 g/mol. The Labute approximate surface area is 185 Å². The van der Waals surface area contributed by atoms with E-state index in [1.807, 2.05) is 55.5 Å². The molecular weight excluding hydrogens is 412 g/mol. The molecule has 0 spiro atoms. The highest BCUT2D eigenvalue weighted by molar-refractivity contribution is 6.31. The van der Waals surface area contributed by atoms with Gasteiger partial charge in [0.05, 0.1) is 12.6 Å². The van der Waals surface area contributed by atoms with Crippen LogP contribution in [0.1, 0.15) is 5.56 Å². The van der Waals surface area contributed by atoms with Gasteiger partial charge >= 0.3 is 0 Å². The van der Waals surface area contributed by atoms with E-state index >= 15 is 0 Å². The van der Waals surface area contributed by atoms with Gasteiger partial charge in [-0.1, -0.05) is 11.6 Å². The van der Waals surface area contributed by atoms with Crippen molar-refractivity contribution in [1.82, 2.24) is 15.0 Å². The smallest absolute Gasteiger partial charge is 0.224 e. The number of pyridine rings is 1. The molecule has 158 valence electrons. The zero-order chi connectivity index (χ0) is 21.6. The minimum absolute atomic E-state index is 0.554.